The van der Waals surface area contributed by atoms with Crippen LogP contribution in [0.25, 0.3) is 0 Å². The third kappa shape index (κ3) is 1.53. The largest absolute Gasteiger partial charge is 0.369 e. The molecular weight excluding hydrogens is 212 g/mol. The van der Waals surface area contributed by atoms with E-state index in [0.717, 1.165) is 23.7 Å². The number of rotatable bonds is 0. The van der Waals surface area contributed by atoms with E-state index in [1.165, 1.54) is 19.3 Å². The molecule has 0 aromatic rings. The summed E-state index contributed by atoms with van der Waals surface area (Å²) in [6, 6.07) is 0. The molecule has 0 radical (unpaired) electrons. The molecule has 2 heteroatoms. The van der Waals surface area contributed by atoms with Gasteiger partial charge in [0.1, 0.15) is 0 Å². The number of hydrogen-bond donors (Lipinski definition) is 0. The zero-order valence-corrected chi connectivity index (χ0v) is 11.6. The summed E-state index contributed by atoms with van der Waals surface area (Å²) < 4.78 is 11.5. The maximum Gasteiger partial charge on any atom is 0.0876 e. The van der Waals surface area contributed by atoms with Crippen LogP contribution in [0.15, 0.2) is 0 Å². The fourth-order valence-electron chi connectivity index (χ4n) is 4.78. The predicted octanol–water partition coefficient (Wildman–Crippen LogP) is 3.25. The highest BCUT2D eigenvalue weighted by atomic mass is 16.6. The van der Waals surface area contributed by atoms with Gasteiger partial charge in [-0.25, -0.2) is 0 Å². The van der Waals surface area contributed by atoms with Gasteiger partial charge in [0, 0.05) is 0 Å². The van der Waals surface area contributed by atoms with Crippen LogP contribution in [-0.4, -0.2) is 24.4 Å². The van der Waals surface area contributed by atoms with Crippen molar-refractivity contribution in [1.29, 1.82) is 0 Å². The van der Waals surface area contributed by atoms with Gasteiger partial charge in [-0.3, -0.25) is 0 Å². The number of ether oxygens (including phenoxy) is 2. The summed E-state index contributed by atoms with van der Waals surface area (Å²) in [5, 5.41) is 0. The van der Waals surface area contributed by atoms with E-state index in [9.17, 15) is 0 Å². The summed E-state index contributed by atoms with van der Waals surface area (Å²) in [6.07, 6.45) is 6.95. The van der Waals surface area contributed by atoms with Gasteiger partial charge in [0.15, 0.2) is 0 Å². The number of epoxide rings is 2. The minimum Gasteiger partial charge on any atom is -0.369 e. The van der Waals surface area contributed by atoms with Gasteiger partial charge >= 0.3 is 0 Å². The van der Waals surface area contributed by atoms with Crippen LogP contribution in [0.4, 0.5) is 0 Å². The molecule has 8 unspecified atom stereocenters. The second kappa shape index (κ2) is 4.24. The Hall–Kier alpha value is -0.0800. The lowest BCUT2D eigenvalue weighted by Crippen LogP contribution is -2.45. The van der Waals surface area contributed by atoms with Crippen LogP contribution in [0.3, 0.4) is 0 Å². The normalized spacial score (nSPS) is 58.6. The van der Waals surface area contributed by atoms with Crippen molar-refractivity contribution in [3.8, 4) is 0 Å². The Kier molecular flexibility index (Phi) is 2.99. The highest BCUT2D eigenvalue weighted by Gasteiger charge is 2.71. The molecular formula is C15H26O2. The van der Waals surface area contributed by atoms with E-state index in [0.29, 0.717) is 24.4 Å². The predicted molar refractivity (Wildman–Crippen MR) is 67.8 cm³/mol. The smallest absolute Gasteiger partial charge is 0.0876 e. The van der Waals surface area contributed by atoms with Crippen molar-refractivity contribution in [3.05, 3.63) is 0 Å². The molecule has 2 saturated heterocycles. The van der Waals surface area contributed by atoms with Crippen molar-refractivity contribution in [1.82, 2.24) is 0 Å². The maximum atomic E-state index is 5.81. The Balaban J connectivity index is 0.000000208. The minimum absolute atomic E-state index is 0.669. The molecule has 0 spiro atoms. The Bertz CT molecular complexity index is 289. The van der Waals surface area contributed by atoms with E-state index < -0.39 is 0 Å². The molecule has 4 aliphatic carbocycles. The molecule has 0 N–H and O–H groups in total. The van der Waals surface area contributed by atoms with Crippen LogP contribution in [0.5, 0.6) is 0 Å². The Morgan fingerprint density at radius 1 is 0.706 bits per heavy atom. The zero-order valence-electron chi connectivity index (χ0n) is 11.6. The maximum absolute atomic E-state index is 5.81. The summed E-state index contributed by atoms with van der Waals surface area (Å²) in [6.45, 7) is 8.00. The molecule has 0 amide bonds. The van der Waals surface area contributed by atoms with Crippen LogP contribution in [0.2, 0.25) is 0 Å². The van der Waals surface area contributed by atoms with Crippen molar-refractivity contribution in [2.24, 2.45) is 23.7 Å². The van der Waals surface area contributed by atoms with Crippen LogP contribution >= 0.6 is 0 Å². The third-order valence-electron chi connectivity index (χ3n) is 5.28. The molecule has 98 valence electrons. The van der Waals surface area contributed by atoms with Crippen molar-refractivity contribution in [2.75, 3.05) is 0 Å². The lowest BCUT2D eigenvalue weighted by atomic mass is 9.59. The molecule has 2 heterocycles. The molecule has 2 aliphatic heterocycles. The Morgan fingerprint density at radius 3 is 2.12 bits per heavy atom. The van der Waals surface area contributed by atoms with Crippen molar-refractivity contribution < 1.29 is 9.47 Å². The quantitative estimate of drug-likeness (QED) is 0.605. The standard InChI is InChI=1S/C11H14O2.2C2H6/c1-2-5-8-6(3-7-11(8)12-7)4(1)9-10(5)13-9;2*1-2/h4-11H,1-3H2;2*1-2H3. The minimum atomic E-state index is 0.669. The second-order valence-corrected chi connectivity index (χ2v) is 5.59. The van der Waals surface area contributed by atoms with Gasteiger partial charge in [0.05, 0.1) is 24.4 Å². The molecule has 0 aromatic carbocycles. The first kappa shape index (κ1) is 12.0. The van der Waals surface area contributed by atoms with E-state index in [2.05, 4.69) is 0 Å². The monoisotopic (exact) mass is 238 g/mol. The van der Waals surface area contributed by atoms with Crippen LogP contribution in [0, 0.1) is 23.7 Å². The topological polar surface area (TPSA) is 25.1 Å². The average Bonchev–Trinajstić information content (AvgIpc) is 3.32. The summed E-state index contributed by atoms with van der Waals surface area (Å²) in [7, 11) is 0. The number of hydrogen-bond acceptors (Lipinski definition) is 2. The lowest BCUT2D eigenvalue weighted by Gasteiger charge is -2.43. The van der Waals surface area contributed by atoms with Crippen molar-refractivity contribution in [3.63, 3.8) is 0 Å². The van der Waals surface area contributed by atoms with Crippen molar-refractivity contribution >= 4 is 0 Å². The summed E-state index contributed by atoms with van der Waals surface area (Å²) in [5.74, 6) is 3.72. The molecule has 2 nitrogen and oxygen atoms in total. The molecule has 17 heavy (non-hydrogen) atoms. The lowest BCUT2D eigenvalue weighted by molar-refractivity contribution is 0.0258. The third-order valence-corrected chi connectivity index (χ3v) is 5.28. The average molecular weight is 238 g/mol. The van der Waals surface area contributed by atoms with Gasteiger partial charge < -0.3 is 9.47 Å². The fraction of sp³-hybridized carbons (Fsp3) is 1.00. The van der Waals surface area contributed by atoms with Gasteiger partial charge in [0.25, 0.3) is 0 Å². The van der Waals surface area contributed by atoms with E-state index >= 15 is 0 Å². The Morgan fingerprint density at radius 2 is 1.35 bits per heavy atom. The van der Waals surface area contributed by atoms with Gasteiger partial charge in [0.2, 0.25) is 0 Å². The SMILES string of the molecule is C1CC2C3OC3C1C1CC3OC3C12.CC.CC. The highest BCUT2D eigenvalue weighted by Crippen LogP contribution is 2.66. The molecule has 2 bridgehead atoms. The van der Waals surface area contributed by atoms with Gasteiger partial charge in [-0.2, -0.15) is 0 Å². The molecule has 6 fully saturated rings. The Labute approximate surface area is 105 Å². The van der Waals surface area contributed by atoms with E-state index in [1.807, 2.05) is 27.7 Å². The van der Waals surface area contributed by atoms with E-state index in [1.54, 1.807) is 0 Å². The van der Waals surface area contributed by atoms with Crippen molar-refractivity contribution in [2.45, 2.75) is 71.4 Å². The van der Waals surface area contributed by atoms with Crippen LogP contribution in [-0.2, 0) is 9.47 Å². The zero-order chi connectivity index (χ0) is 12.2. The van der Waals surface area contributed by atoms with Crippen LogP contribution < -0.4 is 0 Å². The first-order valence-corrected chi connectivity index (χ1v) is 7.74. The van der Waals surface area contributed by atoms with Gasteiger partial charge in [-0.15, -0.1) is 0 Å². The summed E-state index contributed by atoms with van der Waals surface area (Å²) in [4.78, 5) is 0. The second-order valence-electron chi connectivity index (χ2n) is 5.59. The van der Waals surface area contributed by atoms with E-state index in [-0.39, 0.29) is 0 Å². The number of fused-ring (bicyclic) bond motifs is 2. The molecule has 8 atom stereocenters. The summed E-state index contributed by atoms with van der Waals surface area (Å²) >= 11 is 0. The molecule has 6 rings (SSSR count). The van der Waals surface area contributed by atoms with Gasteiger partial charge in [-0.05, 0) is 42.9 Å². The molecule has 6 aliphatic rings. The van der Waals surface area contributed by atoms with E-state index in [4.69, 9.17) is 9.47 Å². The fourth-order valence-corrected chi connectivity index (χ4v) is 4.78. The molecule has 4 saturated carbocycles. The molecule has 0 aromatic heterocycles. The first-order valence-electron chi connectivity index (χ1n) is 7.74. The first-order chi connectivity index (χ1) is 8.43. The van der Waals surface area contributed by atoms with Crippen LogP contribution in [0.1, 0.15) is 47.0 Å². The van der Waals surface area contributed by atoms with Gasteiger partial charge in [-0.1, -0.05) is 27.7 Å². The summed E-state index contributed by atoms with van der Waals surface area (Å²) in [5.41, 5.74) is 0. The highest BCUT2D eigenvalue weighted by molar-refractivity contribution is 5.18.